The van der Waals surface area contributed by atoms with Crippen LogP contribution in [0.1, 0.15) is 25.5 Å². The van der Waals surface area contributed by atoms with Crippen molar-refractivity contribution < 1.29 is 9.53 Å². The maximum Gasteiger partial charge on any atom is 0.234 e. The van der Waals surface area contributed by atoms with E-state index in [4.69, 9.17) is 4.74 Å². The third-order valence-corrected chi connectivity index (χ3v) is 3.37. The largest absolute Gasteiger partial charge is 0.376 e. The number of morpholine rings is 1. The van der Waals surface area contributed by atoms with Crippen molar-refractivity contribution in [2.45, 2.75) is 26.0 Å². The van der Waals surface area contributed by atoms with Gasteiger partial charge in [-0.05, 0) is 19.4 Å². The van der Waals surface area contributed by atoms with Crippen LogP contribution in [0.3, 0.4) is 0 Å². The molecular formula is C15H22N2O2. The molecule has 2 atom stereocenters. The molecule has 2 unspecified atom stereocenters. The summed E-state index contributed by atoms with van der Waals surface area (Å²) in [6.07, 6.45) is 0.216. The summed E-state index contributed by atoms with van der Waals surface area (Å²) in [6, 6.07) is 10.1. The van der Waals surface area contributed by atoms with Crippen LogP contribution in [-0.4, -0.2) is 43.2 Å². The quantitative estimate of drug-likeness (QED) is 0.896. The van der Waals surface area contributed by atoms with Crippen molar-refractivity contribution in [1.29, 1.82) is 0 Å². The van der Waals surface area contributed by atoms with Gasteiger partial charge in [0, 0.05) is 13.1 Å². The van der Waals surface area contributed by atoms with E-state index in [2.05, 4.69) is 10.2 Å². The highest BCUT2D eigenvalue weighted by atomic mass is 16.5. The molecule has 1 aliphatic rings. The summed E-state index contributed by atoms with van der Waals surface area (Å²) in [7, 11) is 0. The molecule has 1 aromatic carbocycles. The van der Waals surface area contributed by atoms with Crippen LogP contribution in [0.15, 0.2) is 30.3 Å². The van der Waals surface area contributed by atoms with Crippen molar-refractivity contribution in [3.05, 3.63) is 35.9 Å². The highest BCUT2D eigenvalue weighted by molar-refractivity contribution is 5.78. The Morgan fingerprint density at radius 2 is 2.21 bits per heavy atom. The maximum atomic E-state index is 12.0. The normalized spacial score (nSPS) is 21.9. The zero-order valence-electron chi connectivity index (χ0n) is 11.6. The van der Waals surface area contributed by atoms with E-state index in [-0.39, 0.29) is 18.1 Å². The van der Waals surface area contributed by atoms with Crippen molar-refractivity contribution in [2.24, 2.45) is 0 Å². The molecule has 1 N–H and O–H groups in total. The van der Waals surface area contributed by atoms with Crippen molar-refractivity contribution >= 4 is 5.91 Å². The van der Waals surface area contributed by atoms with Crippen molar-refractivity contribution in [1.82, 2.24) is 10.2 Å². The minimum Gasteiger partial charge on any atom is -0.376 e. The van der Waals surface area contributed by atoms with Gasteiger partial charge in [-0.2, -0.15) is 0 Å². The Hall–Kier alpha value is -1.39. The second-order valence-electron chi connectivity index (χ2n) is 5.12. The molecule has 1 fully saturated rings. The summed E-state index contributed by atoms with van der Waals surface area (Å²) in [6.45, 7) is 6.87. The van der Waals surface area contributed by atoms with Crippen molar-refractivity contribution in [3.63, 3.8) is 0 Å². The van der Waals surface area contributed by atoms with Gasteiger partial charge in [-0.15, -0.1) is 0 Å². The molecule has 0 saturated carbocycles. The highest BCUT2D eigenvalue weighted by Crippen LogP contribution is 2.11. The lowest BCUT2D eigenvalue weighted by molar-refractivity contribution is -0.124. The first-order valence-electron chi connectivity index (χ1n) is 6.83. The van der Waals surface area contributed by atoms with Crippen molar-refractivity contribution in [3.8, 4) is 0 Å². The van der Waals surface area contributed by atoms with E-state index in [1.807, 2.05) is 44.2 Å². The maximum absolute atomic E-state index is 12.0. The molecule has 1 aliphatic heterocycles. The molecule has 4 heteroatoms. The Labute approximate surface area is 114 Å². The molecule has 1 saturated heterocycles. The molecule has 0 spiro atoms. The number of amides is 1. The van der Waals surface area contributed by atoms with Crippen LogP contribution < -0.4 is 5.32 Å². The fourth-order valence-electron chi connectivity index (χ4n) is 2.35. The summed E-state index contributed by atoms with van der Waals surface area (Å²) in [5, 5.41) is 3.04. The predicted molar refractivity (Wildman–Crippen MR) is 74.9 cm³/mol. The van der Waals surface area contributed by atoms with Crippen LogP contribution in [0.25, 0.3) is 0 Å². The smallest absolute Gasteiger partial charge is 0.234 e. The monoisotopic (exact) mass is 262 g/mol. The second kappa shape index (κ2) is 6.68. The molecule has 19 heavy (non-hydrogen) atoms. The molecule has 1 amide bonds. The van der Waals surface area contributed by atoms with E-state index in [9.17, 15) is 4.79 Å². The molecule has 2 rings (SSSR count). The van der Waals surface area contributed by atoms with Gasteiger partial charge in [-0.3, -0.25) is 9.69 Å². The Morgan fingerprint density at radius 3 is 2.89 bits per heavy atom. The van der Waals surface area contributed by atoms with Gasteiger partial charge >= 0.3 is 0 Å². The highest BCUT2D eigenvalue weighted by Gasteiger charge is 2.19. The predicted octanol–water partition coefficient (Wildman–Crippen LogP) is 1.58. The van der Waals surface area contributed by atoms with Gasteiger partial charge in [-0.25, -0.2) is 0 Å². The van der Waals surface area contributed by atoms with Gasteiger partial charge < -0.3 is 10.1 Å². The van der Waals surface area contributed by atoms with Crippen molar-refractivity contribution in [2.75, 3.05) is 26.2 Å². The molecule has 0 aromatic heterocycles. The number of carbonyl (C=O) groups is 1. The van der Waals surface area contributed by atoms with Crippen LogP contribution in [0, 0.1) is 0 Å². The first-order valence-corrected chi connectivity index (χ1v) is 6.83. The summed E-state index contributed by atoms with van der Waals surface area (Å²) in [4.78, 5) is 14.1. The number of hydrogen-bond acceptors (Lipinski definition) is 3. The van der Waals surface area contributed by atoms with Gasteiger partial charge in [0.25, 0.3) is 0 Å². The number of hydrogen-bond donors (Lipinski definition) is 1. The molecule has 1 aromatic rings. The van der Waals surface area contributed by atoms with E-state index in [1.165, 1.54) is 0 Å². The lowest BCUT2D eigenvalue weighted by atomic mass is 10.1. The third-order valence-electron chi connectivity index (χ3n) is 3.37. The zero-order valence-corrected chi connectivity index (χ0v) is 11.6. The Kier molecular flexibility index (Phi) is 4.93. The van der Waals surface area contributed by atoms with Gasteiger partial charge in [-0.1, -0.05) is 30.3 Å². The third kappa shape index (κ3) is 4.33. The average Bonchev–Trinajstić information content (AvgIpc) is 2.39. The molecule has 0 aliphatic carbocycles. The summed E-state index contributed by atoms with van der Waals surface area (Å²) >= 11 is 0. The molecule has 104 valence electrons. The van der Waals surface area contributed by atoms with Gasteiger partial charge in [0.2, 0.25) is 5.91 Å². The number of nitrogens with zero attached hydrogens (tertiary/aromatic N) is 1. The van der Waals surface area contributed by atoms with E-state index in [0.717, 1.165) is 18.7 Å². The first kappa shape index (κ1) is 14.0. The fraction of sp³-hybridized carbons (Fsp3) is 0.533. The number of carbonyl (C=O) groups excluding carboxylic acids is 1. The van der Waals surface area contributed by atoms with E-state index < -0.39 is 0 Å². The second-order valence-corrected chi connectivity index (χ2v) is 5.12. The van der Waals surface area contributed by atoms with Gasteiger partial charge in [0.15, 0.2) is 0 Å². The Bertz CT molecular complexity index is 408. The van der Waals surface area contributed by atoms with Crippen LogP contribution in [0.2, 0.25) is 0 Å². The minimum absolute atomic E-state index is 0.0483. The zero-order chi connectivity index (χ0) is 13.7. The lowest BCUT2D eigenvalue weighted by Crippen LogP contribution is -2.46. The van der Waals surface area contributed by atoms with Crippen LogP contribution in [0.4, 0.5) is 0 Å². The lowest BCUT2D eigenvalue weighted by Gasteiger charge is -2.30. The summed E-state index contributed by atoms with van der Waals surface area (Å²) in [5.41, 5.74) is 1.13. The number of nitrogens with one attached hydrogen (secondary N) is 1. The molecule has 0 radical (unpaired) electrons. The van der Waals surface area contributed by atoms with Crippen LogP contribution in [-0.2, 0) is 9.53 Å². The standard InChI is InChI=1S/C15H22N2O2/c1-12-10-17(8-9-19-12)11-15(18)16-13(2)14-6-4-3-5-7-14/h3-7,12-13H,8-11H2,1-2H3,(H,16,18). The summed E-state index contributed by atoms with van der Waals surface area (Å²) < 4.78 is 5.47. The van der Waals surface area contributed by atoms with E-state index >= 15 is 0 Å². The molecular weight excluding hydrogens is 240 g/mol. The number of rotatable bonds is 4. The van der Waals surface area contributed by atoms with Crippen LogP contribution >= 0.6 is 0 Å². The number of ether oxygens (including phenoxy) is 1. The van der Waals surface area contributed by atoms with Gasteiger partial charge in [0.1, 0.15) is 0 Å². The van der Waals surface area contributed by atoms with Gasteiger partial charge in [0.05, 0.1) is 25.3 Å². The summed E-state index contributed by atoms with van der Waals surface area (Å²) in [5.74, 6) is 0.0745. The first-order chi connectivity index (χ1) is 9.15. The molecule has 0 bridgehead atoms. The topological polar surface area (TPSA) is 41.6 Å². The Balaban J connectivity index is 1.81. The van der Waals surface area contributed by atoms with E-state index in [0.29, 0.717) is 13.2 Å². The SMILES string of the molecule is CC1CN(CC(=O)NC(C)c2ccccc2)CCO1. The molecule has 4 nitrogen and oxygen atoms in total. The fourth-order valence-corrected chi connectivity index (χ4v) is 2.35. The average molecular weight is 262 g/mol. The minimum atomic E-state index is 0.0483. The molecule has 1 heterocycles. The number of benzene rings is 1. The van der Waals surface area contributed by atoms with Crippen LogP contribution in [0.5, 0.6) is 0 Å². The van der Waals surface area contributed by atoms with E-state index in [1.54, 1.807) is 0 Å². The Morgan fingerprint density at radius 1 is 1.47 bits per heavy atom.